The van der Waals surface area contributed by atoms with Crippen LogP contribution in [0.15, 0.2) is 42.5 Å². The number of halogens is 2. The fraction of sp³-hybridized carbons (Fsp3) is 0. The van der Waals surface area contributed by atoms with Gasteiger partial charge in [-0.1, -0.05) is 17.7 Å². The lowest BCUT2D eigenvalue weighted by Gasteiger charge is -2.07. The standard InChI is InChI=1S/C14H8ClFN2O/c15-11-4-5-12(16)13(7-11)18-14(19)10-3-1-2-9(6-10)8-17/h1-7H,(H,18,19). The molecule has 19 heavy (non-hydrogen) atoms. The van der Waals surface area contributed by atoms with Gasteiger partial charge in [0.05, 0.1) is 17.3 Å². The molecule has 94 valence electrons. The zero-order valence-electron chi connectivity index (χ0n) is 9.65. The van der Waals surface area contributed by atoms with Gasteiger partial charge in [0.2, 0.25) is 0 Å². The van der Waals surface area contributed by atoms with Crippen molar-refractivity contribution >= 4 is 23.2 Å². The first-order chi connectivity index (χ1) is 9.10. The molecular formula is C14H8ClFN2O. The normalized spacial score (nSPS) is 9.74. The lowest BCUT2D eigenvalue weighted by atomic mass is 10.1. The predicted molar refractivity (Wildman–Crippen MR) is 70.5 cm³/mol. The molecule has 2 rings (SSSR count). The topological polar surface area (TPSA) is 52.9 Å². The maximum atomic E-state index is 13.5. The Morgan fingerprint density at radius 1 is 1.26 bits per heavy atom. The van der Waals surface area contributed by atoms with E-state index in [9.17, 15) is 9.18 Å². The van der Waals surface area contributed by atoms with Crippen LogP contribution in [-0.4, -0.2) is 5.91 Å². The molecule has 0 aliphatic rings. The van der Waals surface area contributed by atoms with Crippen molar-refractivity contribution in [3.8, 4) is 6.07 Å². The number of carbonyl (C=O) groups excluding carboxylic acids is 1. The van der Waals surface area contributed by atoms with Gasteiger partial charge in [0.15, 0.2) is 0 Å². The molecule has 5 heteroatoms. The summed E-state index contributed by atoms with van der Waals surface area (Å²) >= 11 is 5.73. The molecule has 0 atom stereocenters. The summed E-state index contributed by atoms with van der Waals surface area (Å²) in [7, 11) is 0. The number of anilines is 1. The lowest BCUT2D eigenvalue weighted by Crippen LogP contribution is -2.13. The van der Waals surface area contributed by atoms with Gasteiger partial charge in [0, 0.05) is 10.6 Å². The summed E-state index contributed by atoms with van der Waals surface area (Å²) in [6, 6.07) is 11.9. The Morgan fingerprint density at radius 2 is 2.05 bits per heavy atom. The molecular weight excluding hydrogens is 267 g/mol. The largest absolute Gasteiger partial charge is 0.319 e. The van der Waals surface area contributed by atoms with Gasteiger partial charge in [0.25, 0.3) is 5.91 Å². The average Bonchev–Trinajstić information content (AvgIpc) is 2.43. The zero-order valence-corrected chi connectivity index (χ0v) is 10.4. The highest BCUT2D eigenvalue weighted by Gasteiger charge is 2.10. The first-order valence-electron chi connectivity index (χ1n) is 5.37. The fourth-order valence-electron chi connectivity index (χ4n) is 1.52. The van der Waals surface area contributed by atoms with Crippen molar-refractivity contribution in [2.45, 2.75) is 0 Å². The molecule has 2 aromatic carbocycles. The van der Waals surface area contributed by atoms with Crippen LogP contribution in [0.25, 0.3) is 0 Å². The molecule has 1 N–H and O–H groups in total. The Morgan fingerprint density at radius 3 is 2.79 bits per heavy atom. The van der Waals surface area contributed by atoms with E-state index in [1.54, 1.807) is 18.2 Å². The first-order valence-corrected chi connectivity index (χ1v) is 5.74. The number of nitrogens with zero attached hydrogens (tertiary/aromatic N) is 1. The summed E-state index contributed by atoms with van der Waals surface area (Å²) in [4.78, 5) is 11.9. The molecule has 3 nitrogen and oxygen atoms in total. The third-order valence-electron chi connectivity index (χ3n) is 2.43. The second-order valence-electron chi connectivity index (χ2n) is 3.77. The van der Waals surface area contributed by atoms with Gasteiger partial charge in [-0.3, -0.25) is 4.79 Å². The van der Waals surface area contributed by atoms with E-state index in [0.29, 0.717) is 10.6 Å². The van der Waals surface area contributed by atoms with Crippen molar-refractivity contribution in [2.24, 2.45) is 0 Å². The molecule has 1 amide bonds. The minimum absolute atomic E-state index is 0.000129. The number of rotatable bonds is 2. The van der Waals surface area contributed by atoms with Crippen LogP contribution in [0.5, 0.6) is 0 Å². The van der Waals surface area contributed by atoms with E-state index in [-0.39, 0.29) is 11.3 Å². The van der Waals surface area contributed by atoms with Crippen LogP contribution >= 0.6 is 11.6 Å². The quantitative estimate of drug-likeness (QED) is 0.909. The van der Waals surface area contributed by atoms with E-state index in [2.05, 4.69) is 5.32 Å². The highest BCUT2D eigenvalue weighted by molar-refractivity contribution is 6.31. The van der Waals surface area contributed by atoms with E-state index < -0.39 is 11.7 Å². The van der Waals surface area contributed by atoms with Gasteiger partial charge in [-0.2, -0.15) is 5.26 Å². The van der Waals surface area contributed by atoms with Crippen LogP contribution < -0.4 is 5.32 Å². The minimum Gasteiger partial charge on any atom is -0.319 e. The minimum atomic E-state index is -0.575. The maximum absolute atomic E-state index is 13.5. The highest BCUT2D eigenvalue weighted by Crippen LogP contribution is 2.20. The SMILES string of the molecule is N#Cc1cccc(C(=O)Nc2cc(Cl)ccc2F)c1. The Labute approximate surface area is 114 Å². The van der Waals surface area contributed by atoms with Gasteiger partial charge in [-0.25, -0.2) is 4.39 Å². The molecule has 0 fully saturated rings. The second kappa shape index (κ2) is 5.51. The van der Waals surface area contributed by atoms with Crippen molar-refractivity contribution in [3.05, 3.63) is 64.4 Å². The predicted octanol–water partition coefficient (Wildman–Crippen LogP) is 3.60. The van der Waals surface area contributed by atoms with Crippen molar-refractivity contribution in [2.75, 3.05) is 5.32 Å². The molecule has 0 saturated heterocycles. The van der Waals surface area contributed by atoms with E-state index in [0.717, 1.165) is 0 Å². The molecule has 0 aliphatic heterocycles. The number of carbonyl (C=O) groups is 1. The third-order valence-corrected chi connectivity index (χ3v) is 2.67. The number of nitriles is 1. The van der Waals surface area contributed by atoms with E-state index in [1.165, 1.54) is 24.3 Å². The third kappa shape index (κ3) is 3.09. The Kier molecular flexibility index (Phi) is 3.79. The smallest absolute Gasteiger partial charge is 0.255 e. The van der Waals surface area contributed by atoms with Gasteiger partial charge in [-0.05, 0) is 36.4 Å². The summed E-state index contributed by atoms with van der Waals surface area (Å²) in [5.74, 6) is -1.08. The van der Waals surface area contributed by atoms with Crippen molar-refractivity contribution < 1.29 is 9.18 Å². The number of nitrogens with one attached hydrogen (secondary N) is 1. The number of hydrogen-bond donors (Lipinski definition) is 1. The molecule has 0 aliphatic carbocycles. The van der Waals surface area contributed by atoms with E-state index >= 15 is 0 Å². The Balaban J connectivity index is 2.26. The first kappa shape index (κ1) is 13.1. The molecule has 0 aromatic heterocycles. The number of benzene rings is 2. The summed E-state index contributed by atoms with van der Waals surface area (Å²) < 4.78 is 13.5. The molecule has 0 saturated carbocycles. The molecule has 0 spiro atoms. The molecule has 0 unspecified atom stereocenters. The van der Waals surface area contributed by atoms with Crippen molar-refractivity contribution in [3.63, 3.8) is 0 Å². The molecule has 0 radical (unpaired) electrons. The molecule has 0 bridgehead atoms. The maximum Gasteiger partial charge on any atom is 0.255 e. The Hall–Kier alpha value is -2.38. The van der Waals surface area contributed by atoms with Crippen LogP contribution in [-0.2, 0) is 0 Å². The average molecular weight is 275 g/mol. The fourth-order valence-corrected chi connectivity index (χ4v) is 1.69. The van der Waals surface area contributed by atoms with Crippen LogP contribution in [0.1, 0.15) is 15.9 Å². The van der Waals surface area contributed by atoms with E-state index in [4.69, 9.17) is 16.9 Å². The number of hydrogen-bond acceptors (Lipinski definition) is 2. The van der Waals surface area contributed by atoms with E-state index in [1.807, 2.05) is 6.07 Å². The van der Waals surface area contributed by atoms with Crippen LogP contribution in [0.2, 0.25) is 5.02 Å². The van der Waals surface area contributed by atoms with Crippen LogP contribution in [0, 0.1) is 17.1 Å². The number of amides is 1. The summed E-state index contributed by atoms with van der Waals surface area (Å²) in [6.07, 6.45) is 0. The molecule has 0 heterocycles. The lowest BCUT2D eigenvalue weighted by molar-refractivity contribution is 0.102. The van der Waals surface area contributed by atoms with Crippen LogP contribution in [0.4, 0.5) is 10.1 Å². The molecule has 2 aromatic rings. The second-order valence-corrected chi connectivity index (χ2v) is 4.21. The Bertz CT molecular complexity index is 679. The van der Waals surface area contributed by atoms with Gasteiger partial charge in [0.1, 0.15) is 5.82 Å². The van der Waals surface area contributed by atoms with Crippen molar-refractivity contribution in [1.82, 2.24) is 0 Å². The summed E-state index contributed by atoms with van der Waals surface area (Å²) in [5.41, 5.74) is 0.637. The van der Waals surface area contributed by atoms with Gasteiger partial charge in [-0.15, -0.1) is 0 Å². The van der Waals surface area contributed by atoms with Gasteiger partial charge < -0.3 is 5.32 Å². The highest BCUT2D eigenvalue weighted by atomic mass is 35.5. The van der Waals surface area contributed by atoms with Crippen molar-refractivity contribution in [1.29, 1.82) is 5.26 Å². The van der Waals surface area contributed by atoms with Crippen LogP contribution in [0.3, 0.4) is 0 Å². The summed E-state index contributed by atoms with van der Waals surface area (Å²) in [6.45, 7) is 0. The zero-order chi connectivity index (χ0) is 13.8. The van der Waals surface area contributed by atoms with Gasteiger partial charge >= 0.3 is 0 Å². The monoisotopic (exact) mass is 274 g/mol. The summed E-state index contributed by atoms with van der Waals surface area (Å²) in [5, 5.41) is 11.5.